The molecule has 1 aromatic heterocycles. The lowest BCUT2D eigenvalue weighted by Crippen LogP contribution is -2.20. The maximum atomic E-state index is 12.8. The standard InChI is InChI=1S/C9H4Cl2F5NO2/c10-1-3-5(7(12)13)4(6(11)18)2-17-8(3)19-9(14,15)16/h2,7H,1H2. The predicted molar refractivity (Wildman–Crippen MR) is 55.6 cm³/mol. The van der Waals surface area contributed by atoms with Crippen LogP contribution in [0.4, 0.5) is 22.0 Å². The molecular formula is C9H4Cl2F5NO2. The molecule has 0 aliphatic heterocycles. The highest BCUT2D eigenvalue weighted by atomic mass is 35.5. The Labute approximate surface area is 113 Å². The Morgan fingerprint density at radius 2 is 2.00 bits per heavy atom. The molecule has 1 aromatic rings. The summed E-state index contributed by atoms with van der Waals surface area (Å²) in [4.78, 5) is 14.1. The van der Waals surface area contributed by atoms with Crippen molar-refractivity contribution < 1.29 is 31.5 Å². The Hall–Kier alpha value is -1.15. The van der Waals surface area contributed by atoms with Crippen LogP contribution in [0.2, 0.25) is 0 Å². The summed E-state index contributed by atoms with van der Waals surface area (Å²) < 4.78 is 65.3. The number of pyridine rings is 1. The second-order valence-electron chi connectivity index (χ2n) is 3.13. The summed E-state index contributed by atoms with van der Waals surface area (Å²) in [5, 5.41) is -1.28. The van der Waals surface area contributed by atoms with Gasteiger partial charge in [0.2, 0.25) is 5.88 Å². The molecule has 0 N–H and O–H groups in total. The molecule has 0 aliphatic rings. The summed E-state index contributed by atoms with van der Waals surface area (Å²) in [6, 6.07) is 0. The average Bonchev–Trinajstić information content (AvgIpc) is 2.25. The number of carbonyl (C=O) groups excluding carboxylic acids is 1. The molecule has 3 nitrogen and oxygen atoms in total. The summed E-state index contributed by atoms with van der Waals surface area (Å²) in [5.74, 6) is -1.89. The third kappa shape index (κ3) is 3.90. The predicted octanol–water partition coefficient (Wildman–Crippen LogP) is 4.04. The highest BCUT2D eigenvalue weighted by molar-refractivity contribution is 6.67. The monoisotopic (exact) mass is 323 g/mol. The quantitative estimate of drug-likeness (QED) is 0.477. The van der Waals surface area contributed by atoms with Gasteiger partial charge in [0.15, 0.2) is 0 Å². The number of hydrogen-bond acceptors (Lipinski definition) is 3. The van der Waals surface area contributed by atoms with E-state index >= 15 is 0 Å². The van der Waals surface area contributed by atoms with E-state index in [0.29, 0.717) is 6.20 Å². The van der Waals surface area contributed by atoms with Crippen molar-refractivity contribution in [1.29, 1.82) is 0 Å². The van der Waals surface area contributed by atoms with Crippen molar-refractivity contribution in [3.05, 3.63) is 22.9 Å². The molecule has 0 fully saturated rings. The van der Waals surface area contributed by atoms with Crippen LogP contribution >= 0.6 is 23.2 Å². The molecule has 0 atom stereocenters. The molecular weight excluding hydrogens is 320 g/mol. The topological polar surface area (TPSA) is 39.2 Å². The molecule has 1 heterocycles. The first-order valence-electron chi connectivity index (χ1n) is 4.48. The van der Waals surface area contributed by atoms with Crippen molar-refractivity contribution in [2.75, 3.05) is 0 Å². The molecule has 0 radical (unpaired) electrons. The van der Waals surface area contributed by atoms with Crippen LogP contribution in [-0.2, 0) is 5.88 Å². The number of ether oxygens (including phenoxy) is 1. The van der Waals surface area contributed by atoms with E-state index in [4.69, 9.17) is 23.2 Å². The van der Waals surface area contributed by atoms with Gasteiger partial charge in [-0.3, -0.25) is 4.79 Å². The summed E-state index contributed by atoms with van der Waals surface area (Å²) in [6.45, 7) is 0. The van der Waals surface area contributed by atoms with Crippen LogP contribution in [0.25, 0.3) is 0 Å². The number of alkyl halides is 6. The van der Waals surface area contributed by atoms with Crippen LogP contribution in [0.3, 0.4) is 0 Å². The molecule has 0 bridgehead atoms. The number of nitrogens with zero attached hydrogens (tertiary/aromatic N) is 1. The van der Waals surface area contributed by atoms with Gasteiger partial charge < -0.3 is 4.74 Å². The Morgan fingerprint density at radius 1 is 1.42 bits per heavy atom. The van der Waals surface area contributed by atoms with Gasteiger partial charge >= 0.3 is 6.36 Å². The van der Waals surface area contributed by atoms with Crippen LogP contribution in [0.15, 0.2) is 6.20 Å². The number of halogens is 7. The fourth-order valence-electron chi connectivity index (χ4n) is 1.28. The van der Waals surface area contributed by atoms with Crippen molar-refractivity contribution in [1.82, 2.24) is 4.98 Å². The smallest absolute Gasteiger partial charge is 0.388 e. The second kappa shape index (κ2) is 5.87. The molecule has 0 saturated heterocycles. The lowest BCUT2D eigenvalue weighted by molar-refractivity contribution is -0.276. The van der Waals surface area contributed by atoms with Gasteiger partial charge in [-0.15, -0.1) is 24.8 Å². The lowest BCUT2D eigenvalue weighted by Gasteiger charge is -2.15. The van der Waals surface area contributed by atoms with Crippen LogP contribution in [-0.4, -0.2) is 16.6 Å². The highest BCUT2D eigenvalue weighted by Gasteiger charge is 2.35. The second-order valence-corrected chi connectivity index (χ2v) is 3.74. The fraction of sp³-hybridized carbons (Fsp3) is 0.333. The molecule has 10 heteroatoms. The van der Waals surface area contributed by atoms with Gasteiger partial charge in [0.05, 0.1) is 11.4 Å². The van der Waals surface area contributed by atoms with E-state index in [1.54, 1.807) is 0 Å². The minimum Gasteiger partial charge on any atom is -0.388 e. The fourth-order valence-corrected chi connectivity index (χ4v) is 1.69. The third-order valence-corrected chi connectivity index (χ3v) is 2.43. The van der Waals surface area contributed by atoms with E-state index in [2.05, 4.69) is 9.72 Å². The molecule has 0 aromatic carbocycles. The van der Waals surface area contributed by atoms with Crippen LogP contribution in [0.1, 0.15) is 27.9 Å². The molecule has 0 unspecified atom stereocenters. The molecule has 0 amide bonds. The Morgan fingerprint density at radius 3 is 2.37 bits per heavy atom. The highest BCUT2D eigenvalue weighted by Crippen LogP contribution is 2.35. The maximum Gasteiger partial charge on any atom is 0.574 e. The summed E-state index contributed by atoms with van der Waals surface area (Å²) in [7, 11) is 0. The van der Waals surface area contributed by atoms with Crippen molar-refractivity contribution >= 4 is 28.4 Å². The minimum absolute atomic E-state index is 0.480. The Balaban J connectivity index is 3.45. The van der Waals surface area contributed by atoms with E-state index in [9.17, 15) is 26.7 Å². The maximum absolute atomic E-state index is 12.8. The first kappa shape index (κ1) is 15.9. The van der Waals surface area contributed by atoms with Crippen LogP contribution in [0.5, 0.6) is 5.88 Å². The number of aromatic nitrogens is 1. The van der Waals surface area contributed by atoms with Gasteiger partial charge in [0, 0.05) is 17.3 Å². The van der Waals surface area contributed by atoms with Gasteiger partial charge in [-0.2, -0.15) is 0 Å². The third-order valence-electron chi connectivity index (χ3n) is 1.96. The van der Waals surface area contributed by atoms with E-state index < -0.39 is 46.5 Å². The van der Waals surface area contributed by atoms with E-state index in [0.717, 1.165) is 0 Å². The van der Waals surface area contributed by atoms with Crippen molar-refractivity contribution in [3.8, 4) is 5.88 Å². The normalized spacial score (nSPS) is 11.8. The lowest BCUT2D eigenvalue weighted by atomic mass is 10.1. The van der Waals surface area contributed by atoms with E-state index in [1.165, 1.54) is 0 Å². The van der Waals surface area contributed by atoms with Gasteiger partial charge in [-0.1, -0.05) is 0 Å². The van der Waals surface area contributed by atoms with Gasteiger partial charge in [-0.05, 0) is 11.6 Å². The zero-order valence-corrected chi connectivity index (χ0v) is 10.3. The van der Waals surface area contributed by atoms with E-state index in [1.807, 2.05) is 0 Å². The molecule has 0 aliphatic carbocycles. The van der Waals surface area contributed by atoms with Crippen molar-refractivity contribution in [3.63, 3.8) is 0 Å². The van der Waals surface area contributed by atoms with Gasteiger partial charge in [0.25, 0.3) is 11.7 Å². The number of rotatable bonds is 4. The summed E-state index contributed by atoms with van der Waals surface area (Å²) in [5.41, 5.74) is -2.48. The van der Waals surface area contributed by atoms with Crippen molar-refractivity contribution in [2.24, 2.45) is 0 Å². The first-order valence-corrected chi connectivity index (χ1v) is 5.40. The van der Waals surface area contributed by atoms with Crippen LogP contribution in [0, 0.1) is 0 Å². The summed E-state index contributed by atoms with van der Waals surface area (Å²) >= 11 is 10.4. The van der Waals surface area contributed by atoms with Gasteiger partial charge in [0.1, 0.15) is 0 Å². The van der Waals surface area contributed by atoms with E-state index in [-0.39, 0.29) is 0 Å². The minimum atomic E-state index is -5.13. The Kier molecular flexibility index (Phi) is 4.92. The number of carbonyl (C=O) groups is 1. The van der Waals surface area contributed by atoms with Crippen molar-refractivity contribution in [2.45, 2.75) is 18.7 Å². The zero-order valence-electron chi connectivity index (χ0n) is 8.77. The molecule has 19 heavy (non-hydrogen) atoms. The van der Waals surface area contributed by atoms with Crippen LogP contribution < -0.4 is 4.74 Å². The summed E-state index contributed by atoms with van der Waals surface area (Å²) in [6.07, 6.45) is -7.90. The largest absolute Gasteiger partial charge is 0.574 e. The Bertz CT molecular complexity index is 492. The zero-order chi connectivity index (χ0) is 14.8. The molecule has 106 valence electrons. The van der Waals surface area contributed by atoms with Gasteiger partial charge in [-0.25, -0.2) is 13.8 Å². The number of hydrogen-bond donors (Lipinski definition) is 0. The molecule has 1 rings (SSSR count). The molecule has 0 spiro atoms. The average molecular weight is 324 g/mol. The first-order chi connectivity index (χ1) is 8.67. The SMILES string of the molecule is O=C(Cl)c1cnc(OC(F)(F)F)c(CCl)c1C(F)F. The molecule has 0 saturated carbocycles.